The zero-order chi connectivity index (χ0) is 24.1. The SMILES string of the molecule is O=C(COc1ccc(Cl)cc1/C=C1\SC(=O)N(Cc2ccccc2Br)C1=O)Nc1ccccc1. The van der Waals surface area contributed by atoms with E-state index in [9.17, 15) is 14.4 Å². The van der Waals surface area contributed by atoms with Crippen LogP contribution in [0.2, 0.25) is 5.02 Å². The molecule has 9 heteroatoms. The standard InChI is InChI=1S/C25H18BrClN2O4S/c26-20-9-5-4-6-16(20)14-29-24(31)22(34-25(29)32)13-17-12-18(27)10-11-21(17)33-15-23(30)28-19-7-2-1-3-8-19/h1-13H,14-15H2,(H,28,30)/b22-13-. The molecular weight excluding hydrogens is 540 g/mol. The van der Waals surface area contributed by atoms with Gasteiger partial charge in [0.25, 0.3) is 17.1 Å². The number of rotatable bonds is 7. The number of nitrogens with one attached hydrogen (secondary N) is 1. The van der Waals surface area contributed by atoms with Crippen LogP contribution in [0.3, 0.4) is 0 Å². The van der Waals surface area contributed by atoms with Crippen LogP contribution in [-0.4, -0.2) is 28.6 Å². The molecule has 0 unspecified atom stereocenters. The number of para-hydroxylation sites is 1. The second-order valence-corrected chi connectivity index (χ2v) is 9.53. The molecule has 3 aromatic carbocycles. The van der Waals surface area contributed by atoms with Crippen LogP contribution in [0.15, 0.2) is 82.2 Å². The highest BCUT2D eigenvalue weighted by Crippen LogP contribution is 2.36. The third-order valence-corrected chi connectivity index (χ3v) is 6.75. The predicted octanol–water partition coefficient (Wildman–Crippen LogP) is 6.36. The Bertz CT molecular complexity index is 1280. The Balaban J connectivity index is 1.49. The molecule has 0 atom stereocenters. The van der Waals surface area contributed by atoms with Crippen molar-refractivity contribution in [1.82, 2.24) is 4.90 Å². The minimum Gasteiger partial charge on any atom is -0.483 e. The number of carbonyl (C=O) groups is 3. The zero-order valence-corrected chi connectivity index (χ0v) is 20.8. The second-order valence-electron chi connectivity index (χ2n) is 7.24. The molecule has 0 bridgehead atoms. The summed E-state index contributed by atoms with van der Waals surface area (Å²) in [4.78, 5) is 39.2. The van der Waals surface area contributed by atoms with Gasteiger partial charge in [0.15, 0.2) is 6.61 Å². The molecule has 3 aromatic rings. The number of hydrogen-bond acceptors (Lipinski definition) is 5. The number of anilines is 1. The normalized spacial score (nSPS) is 14.5. The number of hydrogen-bond donors (Lipinski definition) is 1. The summed E-state index contributed by atoms with van der Waals surface area (Å²) in [5, 5.41) is 2.81. The van der Waals surface area contributed by atoms with Gasteiger partial charge in [0.1, 0.15) is 5.75 Å². The molecule has 172 valence electrons. The first-order valence-electron chi connectivity index (χ1n) is 10.2. The second kappa shape index (κ2) is 10.9. The molecule has 1 N–H and O–H groups in total. The van der Waals surface area contributed by atoms with Crippen molar-refractivity contribution in [2.75, 3.05) is 11.9 Å². The van der Waals surface area contributed by atoms with Crippen molar-refractivity contribution in [3.8, 4) is 5.75 Å². The van der Waals surface area contributed by atoms with Crippen molar-refractivity contribution in [2.24, 2.45) is 0 Å². The Hall–Kier alpha value is -3.07. The maximum absolute atomic E-state index is 13.0. The average molecular weight is 558 g/mol. The first kappa shape index (κ1) is 24.1. The molecule has 0 aromatic heterocycles. The van der Waals surface area contributed by atoms with E-state index in [0.717, 1.165) is 21.8 Å². The molecule has 1 fully saturated rings. The van der Waals surface area contributed by atoms with Crippen LogP contribution in [0.5, 0.6) is 5.75 Å². The van der Waals surface area contributed by atoms with Gasteiger partial charge in [-0.3, -0.25) is 19.3 Å². The van der Waals surface area contributed by atoms with E-state index < -0.39 is 5.91 Å². The van der Waals surface area contributed by atoms with E-state index in [-0.39, 0.29) is 29.2 Å². The van der Waals surface area contributed by atoms with Crippen molar-refractivity contribution in [3.05, 3.63) is 98.3 Å². The van der Waals surface area contributed by atoms with Crippen molar-refractivity contribution in [3.63, 3.8) is 0 Å². The highest BCUT2D eigenvalue weighted by atomic mass is 79.9. The number of amides is 3. The predicted molar refractivity (Wildman–Crippen MR) is 138 cm³/mol. The maximum Gasteiger partial charge on any atom is 0.293 e. The van der Waals surface area contributed by atoms with E-state index in [1.54, 1.807) is 36.4 Å². The number of ether oxygens (including phenoxy) is 1. The van der Waals surface area contributed by atoms with Crippen molar-refractivity contribution in [2.45, 2.75) is 6.54 Å². The van der Waals surface area contributed by atoms with Gasteiger partial charge in [0.05, 0.1) is 11.4 Å². The summed E-state index contributed by atoms with van der Waals surface area (Å²) in [5.41, 5.74) is 1.97. The fourth-order valence-corrected chi connectivity index (χ4v) is 4.62. The minimum absolute atomic E-state index is 0.155. The van der Waals surface area contributed by atoms with Gasteiger partial charge in [-0.25, -0.2) is 0 Å². The van der Waals surface area contributed by atoms with E-state index in [1.807, 2.05) is 42.5 Å². The Labute approximate surface area is 214 Å². The summed E-state index contributed by atoms with van der Waals surface area (Å²) >= 11 is 10.4. The van der Waals surface area contributed by atoms with E-state index in [2.05, 4.69) is 21.2 Å². The zero-order valence-electron chi connectivity index (χ0n) is 17.7. The number of halogens is 2. The summed E-state index contributed by atoms with van der Waals surface area (Å²) in [5.74, 6) is -0.371. The molecular formula is C25H18BrClN2O4S. The molecule has 1 heterocycles. The molecule has 0 saturated carbocycles. The Kier molecular flexibility index (Phi) is 7.72. The maximum atomic E-state index is 13.0. The van der Waals surface area contributed by atoms with Crippen LogP contribution in [-0.2, 0) is 16.1 Å². The van der Waals surface area contributed by atoms with E-state index in [1.165, 1.54) is 4.90 Å². The quantitative estimate of drug-likeness (QED) is 0.342. The van der Waals surface area contributed by atoms with Crippen LogP contribution in [0.25, 0.3) is 6.08 Å². The fraction of sp³-hybridized carbons (Fsp3) is 0.0800. The number of carbonyl (C=O) groups excluding carboxylic acids is 3. The smallest absolute Gasteiger partial charge is 0.293 e. The molecule has 34 heavy (non-hydrogen) atoms. The molecule has 1 aliphatic rings. The molecule has 0 spiro atoms. The van der Waals surface area contributed by atoms with Crippen molar-refractivity contribution >= 4 is 68.1 Å². The Morgan fingerprint density at radius 1 is 1.06 bits per heavy atom. The van der Waals surface area contributed by atoms with E-state index in [4.69, 9.17) is 16.3 Å². The highest BCUT2D eigenvalue weighted by molar-refractivity contribution is 9.10. The first-order valence-corrected chi connectivity index (χ1v) is 12.2. The van der Waals surface area contributed by atoms with Gasteiger partial charge >= 0.3 is 0 Å². The van der Waals surface area contributed by atoms with Crippen molar-refractivity contribution < 1.29 is 19.1 Å². The molecule has 6 nitrogen and oxygen atoms in total. The number of imide groups is 1. The third kappa shape index (κ3) is 5.88. The van der Waals surface area contributed by atoms with Gasteiger partial charge in [-0.2, -0.15) is 0 Å². The van der Waals surface area contributed by atoms with Gasteiger partial charge < -0.3 is 10.1 Å². The Morgan fingerprint density at radius 2 is 1.79 bits per heavy atom. The van der Waals surface area contributed by atoms with Crippen molar-refractivity contribution in [1.29, 1.82) is 0 Å². The lowest BCUT2D eigenvalue weighted by Gasteiger charge is -2.13. The lowest BCUT2D eigenvalue weighted by molar-refractivity contribution is -0.123. The largest absolute Gasteiger partial charge is 0.483 e. The summed E-state index contributed by atoms with van der Waals surface area (Å²) in [6, 6.07) is 21.3. The van der Waals surface area contributed by atoms with Crippen LogP contribution >= 0.6 is 39.3 Å². The molecule has 1 saturated heterocycles. The molecule has 3 amide bonds. The van der Waals surface area contributed by atoms with E-state index >= 15 is 0 Å². The minimum atomic E-state index is -0.404. The summed E-state index contributed by atoms with van der Waals surface area (Å²) in [7, 11) is 0. The number of thioether (sulfide) groups is 1. The van der Waals surface area contributed by atoms with Crippen LogP contribution in [0, 0.1) is 0 Å². The summed E-state index contributed by atoms with van der Waals surface area (Å²) in [6.45, 7) is -0.0805. The lowest BCUT2D eigenvalue weighted by Crippen LogP contribution is -2.27. The molecule has 0 aliphatic carbocycles. The molecule has 4 rings (SSSR count). The topological polar surface area (TPSA) is 75.7 Å². The first-order chi connectivity index (χ1) is 16.4. The van der Waals surface area contributed by atoms with Crippen LogP contribution < -0.4 is 10.1 Å². The summed E-state index contributed by atoms with van der Waals surface area (Å²) in [6.07, 6.45) is 1.56. The van der Waals surface area contributed by atoms with Gasteiger partial charge in [-0.15, -0.1) is 0 Å². The molecule has 1 aliphatic heterocycles. The fourth-order valence-electron chi connectivity index (χ4n) is 3.20. The monoisotopic (exact) mass is 556 g/mol. The average Bonchev–Trinajstić information content (AvgIpc) is 3.08. The number of benzene rings is 3. The number of nitrogens with zero attached hydrogens (tertiary/aromatic N) is 1. The van der Waals surface area contributed by atoms with Gasteiger partial charge in [0, 0.05) is 20.7 Å². The lowest BCUT2D eigenvalue weighted by atomic mass is 10.1. The van der Waals surface area contributed by atoms with Crippen LogP contribution in [0.4, 0.5) is 10.5 Å². The highest BCUT2D eigenvalue weighted by Gasteiger charge is 2.35. The van der Waals surface area contributed by atoms with Gasteiger partial charge in [-0.1, -0.05) is 63.9 Å². The van der Waals surface area contributed by atoms with Crippen LogP contribution in [0.1, 0.15) is 11.1 Å². The Morgan fingerprint density at radius 3 is 2.56 bits per heavy atom. The van der Waals surface area contributed by atoms with E-state index in [0.29, 0.717) is 22.0 Å². The summed E-state index contributed by atoms with van der Waals surface area (Å²) < 4.78 is 6.51. The van der Waals surface area contributed by atoms with Gasteiger partial charge in [0.2, 0.25) is 0 Å². The third-order valence-electron chi connectivity index (χ3n) is 4.83. The van der Waals surface area contributed by atoms with Gasteiger partial charge in [-0.05, 0) is 59.8 Å². The molecule has 0 radical (unpaired) electrons.